The molecule has 17 heteroatoms. The fraction of sp³-hybridized carbons (Fsp3) is 0.444. The van der Waals surface area contributed by atoms with Gasteiger partial charge in [-0.2, -0.15) is 0 Å². The third-order valence-electron chi connectivity index (χ3n) is 7.33. The SMILES string of the molecule is O=c1c(O[C@@H]2O[C@H]([C@H](O)CO)[C@H](O)[C@H]2O[C@@H]2O[C@H](CO)[C@H](O)[C@H](O)[C@H]2O)c(-c2ccc(O)c(O)c2)oc2cc(O)cc(O)c12. The second kappa shape index (κ2) is 12.3. The molecular formula is C27H30O17. The van der Waals surface area contributed by atoms with Gasteiger partial charge in [0.05, 0.1) is 13.2 Å². The Bertz CT molecular complexity index is 1560. The number of hydrogen-bond acceptors (Lipinski definition) is 17. The lowest BCUT2D eigenvalue weighted by Gasteiger charge is -2.41. The zero-order chi connectivity index (χ0) is 32.0. The Kier molecular flexibility index (Phi) is 8.87. The fourth-order valence-corrected chi connectivity index (χ4v) is 5.00. The van der Waals surface area contributed by atoms with Crippen molar-refractivity contribution in [1.29, 1.82) is 0 Å². The molecule has 0 saturated carbocycles. The molecular weight excluding hydrogens is 596 g/mol. The highest BCUT2D eigenvalue weighted by Gasteiger charge is 2.53. The molecule has 0 bridgehead atoms. The van der Waals surface area contributed by atoms with Crippen LogP contribution in [0.5, 0.6) is 28.7 Å². The lowest BCUT2D eigenvalue weighted by Crippen LogP contribution is -2.60. The van der Waals surface area contributed by atoms with Gasteiger partial charge in [0.25, 0.3) is 0 Å². The molecule has 11 N–H and O–H groups in total. The Balaban J connectivity index is 1.60. The van der Waals surface area contributed by atoms with Gasteiger partial charge in [-0.05, 0) is 18.2 Å². The number of phenols is 4. The van der Waals surface area contributed by atoms with E-state index in [4.69, 9.17) is 23.4 Å². The molecule has 5 rings (SSSR count). The van der Waals surface area contributed by atoms with Gasteiger partial charge in [0, 0.05) is 17.7 Å². The highest BCUT2D eigenvalue weighted by atomic mass is 16.8. The summed E-state index contributed by atoms with van der Waals surface area (Å²) in [5.74, 6) is -3.49. The average Bonchev–Trinajstić information content (AvgIpc) is 3.29. The topological polar surface area (TPSA) is 290 Å². The van der Waals surface area contributed by atoms with Crippen LogP contribution in [0.25, 0.3) is 22.3 Å². The normalized spacial score (nSPS) is 31.3. The minimum Gasteiger partial charge on any atom is -0.508 e. The molecule has 240 valence electrons. The lowest BCUT2D eigenvalue weighted by molar-refractivity contribution is -0.323. The predicted molar refractivity (Wildman–Crippen MR) is 142 cm³/mol. The van der Waals surface area contributed by atoms with Crippen LogP contribution in [0.2, 0.25) is 0 Å². The van der Waals surface area contributed by atoms with E-state index in [2.05, 4.69) is 0 Å². The lowest BCUT2D eigenvalue weighted by atomic mass is 9.99. The highest BCUT2D eigenvalue weighted by molar-refractivity contribution is 5.88. The molecule has 0 spiro atoms. The largest absolute Gasteiger partial charge is 0.508 e. The van der Waals surface area contributed by atoms with E-state index in [1.807, 2.05) is 0 Å². The van der Waals surface area contributed by atoms with E-state index in [1.165, 1.54) is 6.07 Å². The highest BCUT2D eigenvalue weighted by Crippen LogP contribution is 2.40. The number of aromatic hydroxyl groups is 4. The van der Waals surface area contributed by atoms with Gasteiger partial charge >= 0.3 is 0 Å². The summed E-state index contributed by atoms with van der Waals surface area (Å²) in [5, 5.41) is 111. The van der Waals surface area contributed by atoms with Gasteiger partial charge < -0.3 is 79.5 Å². The van der Waals surface area contributed by atoms with E-state index < -0.39 is 120 Å². The fourth-order valence-electron chi connectivity index (χ4n) is 5.00. The van der Waals surface area contributed by atoms with Crippen LogP contribution in [-0.4, -0.2) is 131 Å². The molecule has 0 aliphatic carbocycles. The summed E-state index contributed by atoms with van der Waals surface area (Å²) < 4.78 is 28.2. The number of rotatable bonds is 8. The third-order valence-corrected chi connectivity index (χ3v) is 7.33. The van der Waals surface area contributed by atoms with Crippen LogP contribution in [0.3, 0.4) is 0 Å². The van der Waals surface area contributed by atoms with E-state index in [1.54, 1.807) is 0 Å². The van der Waals surface area contributed by atoms with Crippen LogP contribution in [0.1, 0.15) is 0 Å². The van der Waals surface area contributed by atoms with Crippen LogP contribution in [0.4, 0.5) is 0 Å². The van der Waals surface area contributed by atoms with Crippen molar-refractivity contribution in [2.24, 2.45) is 0 Å². The van der Waals surface area contributed by atoms with Crippen LogP contribution in [0, 0.1) is 0 Å². The second-order valence-electron chi connectivity index (χ2n) is 10.3. The first kappa shape index (κ1) is 31.7. The van der Waals surface area contributed by atoms with Gasteiger partial charge in [0.1, 0.15) is 65.2 Å². The molecule has 1 aromatic heterocycles. The quantitative estimate of drug-likeness (QED) is 0.113. The smallest absolute Gasteiger partial charge is 0.239 e. The van der Waals surface area contributed by atoms with Crippen molar-refractivity contribution < 1.29 is 79.5 Å². The number of ether oxygens (including phenoxy) is 4. The number of hydrogen-bond donors (Lipinski definition) is 11. The van der Waals surface area contributed by atoms with Gasteiger partial charge in [-0.1, -0.05) is 0 Å². The molecule has 2 saturated heterocycles. The monoisotopic (exact) mass is 626 g/mol. The summed E-state index contributed by atoms with van der Waals surface area (Å²) in [4.78, 5) is 13.7. The maximum Gasteiger partial charge on any atom is 0.239 e. The summed E-state index contributed by atoms with van der Waals surface area (Å²) in [6, 6.07) is 5.15. The Morgan fingerprint density at radius 3 is 2.20 bits per heavy atom. The van der Waals surface area contributed by atoms with E-state index in [0.29, 0.717) is 0 Å². The van der Waals surface area contributed by atoms with Gasteiger partial charge in [-0.25, -0.2) is 0 Å². The Morgan fingerprint density at radius 2 is 1.55 bits per heavy atom. The van der Waals surface area contributed by atoms with Crippen LogP contribution >= 0.6 is 0 Å². The van der Waals surface area contributed by atoms with Crippen molar-refractivity contribution >= 4 is 11.0 Å². The van der Waals surface area contributed by atoms with Crippen molar-refractivity contribution in [2.45, 2.75) is 61.4 Å². The predicted octanol–water partition coefficient (Wildman–Crippen LogP) is -2.71. The Morgan fingerprint density at radius 1 is 0.818 bits per heavy atom. The van der Waals surface area contributed by atoms with Crippen molar-refractivity contribution in [1.82, 2.24) is 0 Å². The Hall–Kier alpha value is -3.75. The number of fused-ring (bicyclic) bond motifs is 1. The maximum atomic E-state index is 13.7. The summed E-state index contributed by atoms with van der Waals surface area (Å²) in [6.07, 6.45) is -17.7. The molecule has 0 unspecified atom stereocenters. The van der Waals surface area contributed by atoms with Crippen LogP contribution in [0.15, 0.2) is 39.5 Å². The van der Waals surface area contributed by atoms with Crippen molar-refractivity contribution in [2.75, 3.05) is 13.2 Å². The molecule has 0 amide bonds. The molecule has 2 aliphatic heterocycles. The molecule has 17 nitrogen and oxygen atoms in total. The molecule has 44 heavy (non-hydrogen) atoms. The summed E-state index contributed by atoms with van der Waals surface area (Å²) in [6.45, 7) is -1.71. The first-order valence-corrected chi connectivity index (χ1v) is 13.2. The molecule has 10 atom stereocenters. The number of phenolic OH excluding ortho intramolecular Hbond substituents is 4. The van der Waals surface area contributed by atoms with Gasteiger partial charge in [-0.15, -0.1) is 0 Å². The summed E-state index contributed by atoms with van der Waals surface area (Å²) >= 11 is 0. The minimum absolute atomic E-state index is 0.0611. The molecule has 2 aromatic carbocycles. The number of benzene rings is 2. The first-order chi connectivity index (χ1) is 20.9. The van der Waals surface area contributed by atoms with Crippen molar-refractivity contribution in [3.8, 4) is 40.1 Å². The molecule has 2 fully saturated rings. The summed E-state index contributed by atoms with van der Waals surface area (Å²) in [7, 11) is 0. The molecule has 3 heterocycles. The van der Waals surface area contributed by atoms with E-state index in [0.717, 1.165) is 24.3 Å². The zero-order valence-corrected chi connectivity index (χ0v) is 22.4. The van der Waals surface area contributed by atoms with Crippen LogP contribution < -0.4 is 10.2 Å². The molecule has 2 aliphatic rings. The minimum atomic E-state index is -1.94. The van der Waals surface area contributed by atoms with E-state index in [9.17, 15) is 61.0 Å². The molecule has 3 aromatic rings. The van der Waals surface area contributed by atoms with Crippen molar-refractivity contribution in [3.05, 3.63) is 40.6 Å². The van der Waals surface area contributed by atoms with Gasteiger partial charge in [-0.3, -0.25) is 4.79 Å². The standard InChI is InChI=1S/C27H30O17/c28-6-13(34)23-21(39)25(44-26-20(38)19(37)17(35)15(7-29)41-26)27(42-23)43-24-18(36)16-12(33)4-9(30)5-14(16)40-22(24)8-1-2-10(31)11(32)3-8/h1-5,13,15,17,19-21,23,25-35,37-39H,6-7H2/t13-,15-,17+,19+,20-,21+,23-,25-,26+,27+/m1/s1. The first-order valence-electron chi connectivity index (χ1n) is 13.2. The number of aliphatic hydroxyl groups excluding tert-OH is 7. The second-order valence-corrected chi connectivity index (χ2v) is 10.3. The van der Waals surface area contributed by atoms with Gasteiger partial charge in [0.2, 0.25) is 17.5 Å². The molecule has 0 radical (unpaired) electrons. The van der Waals surface area contributed by atoms with Crippen molar-refractivity contribution in [3.63, 3.8) is 0 Å². The van der Waals surface area contributed by atoms with Gasteiger partial charge in [0.15, 0.2) is 29.7 Å². The summed E-state index contributed by atoms with van der Waals surface area (Å²) in [5.41, 5.74) is -1.44. The van der Waals surface area contributed by atoms with E-state index >= 15 is 0 Å². The number of aliphatic hydroxyl groups is 7. The third kappa shape index (κ3) is 5.61. The zero-order valence-electron chi connectivity index (χ0n) is 22.4. The Labute approximate surface area is 246 Å². The van der Waals surface area contributed by atoms with Crippen LogP contribution in [-0.2, 0) is 14.2 Å². The average molecular weight is 627 g/mol. The maximum absolute atomic E-state index is 13.7. The van der Waals surface area contributed by atoms with E-state index in [-0.39, 0.29) is 11.1 Å².